The highest BCUT2D eigenvalue weighted by Crippen LogP contribution is 2.23. The first kappa shape index (κ1) is 19.2. The molecule has 1 aliphatic rings. The van der Waals surface area contributed by atoms with E-state index >= 15 is 0 Å². The molecule has 0 radical (unpaired) electrons. The molecule has 1 fully saturated rings. The minimum Gasteiger partial charge on any atom is -0.465 e. The molecule has 7 nitrogen and oxygen atoms in total. The molecule has 0 aromatic carbocycles. The molecule has 1 aromatic rings. The van der Waals surface area contributed by atoms with Gasteiger partial charge in [0, 0.05) is 25.3 Å². The van der Waals surface area contributed by atoms with Crippen LogP contribution in [0.25, 0.3) is 0 Å². The number of amides is 2. The zero-order chi connectivity index (χ0) is 18.6. The third-order valence-corrected chi connectivity index (χ3v) is 4.72. The number of hydrogen-bond acceptors (Lipinski definition) is 4. The van der Waals surface area contributed by atoms with Crippen molar-refractivity contribution in [3.05, 3.63) is 30.1 Å². The van der Waals surface area contributed by atoms with Crippen LogP contribution >= 0.6 is 0 Å². The Balaban J connectivity index is 1.97. The summed E-state index contributed by atoms with van der Waals surface area (Å²) in [6.07, 6.45) is 1.93. The number of carboxylic acid groups (broad SMARTS) is 1. The highest BCUT2D eigenvalue weighted by atomic mass is 16.4. The van der Waals surface area contributed by atoms with Gasteiger partial charge in [0.1, 0.15) is 0 Å². The lowest BCUT2D eigenvalue weighted by molar-refractivity contribution is -0.136. The van der Waals surface area contributed by atoms with Crippen molar-refractivity contribution < 1.29 is 14.7 Å². The Morgan fingerprint density at radius 1 is 1.36 bits per heavy atom. The lowest BCUT2D eigenvalue weighted by Gasteiger charge is -2.39. The minimum atomic E-state index is -0.957. The molecule has 3 N–H and O–H groups in total. The first-order valence-electron chi connectivity index (χ1n) is 8.64. The SMILES string of the molecule is CC(C)(C)[C@H](N)C(=O)N1CCC(N(Cc2ccccn2)C(=O)O)CC1. The molecule has 1 atom stereocenters. The molecule has 2 heterocycles. The number of carbonyl (C=O) groups is 2. The van der Waals surface area contributed by atoms with Crippen molar-refractivity contribution in [2.75, 3.05) is 13.1 Å². The van der Waals surface area contributed by atoms with Crippen molar-refractivity contribution >= 4 is 12.0 Å². The summed E-state index contributed by atoms with van der Waals surface area (Å²) in [5.41, 5.74) is 6.49. The number of aromatic nitrogens is 1. The summed E-state index contributed by atoms with van der Waals surface area (Å²) in [7, 11) is 0. The molecule has 0 aliphatic carbocycles. The van der Waals surface area contributed by atoms with Crippen molar-refractivity contribution in [1.29, 1.82) is 0 Å². The Hall–Kier alpha value is -2.15. The Bertz CT molecular complexity index is 592. The average Bonchev–Trinajstić information content (AvgIpc) is 2.58. The first-order chi connectivity index (χ1) is 11.7. The van der Waals surface area contributed by atoms with E-state index in [1.165, 1.54) is 4.90 Å². The van der Waals surface area contributed by atoms with Crippen LogP contribution in [0.2, 0.25) is 0 Å². The second kappa shape index (κ2) is 7.82. The smallest absolute Gasteiger partial charge is 0.407 e. The summed E-state index contributed by atoms with van der Waals surface area (Å²) in [4.78, 5) is 31.5. The maximum atomic E-state index is 12.5. The van der Waals surface area contributed by atoms with E-state index in [1.54, 1.807) is 17.2 Å². The van der Waals surface area contributed by atoms with E-state index in [2.05, 4.69) is 4.98 Å². The lowest BCUT2D eigenvalue weighted by atomic mass is 9.86. The van der Waals surface area contributed by atoms with Crippen molar-refractivity contribution in [2.24, 2.45) is 11.1 Å². The molecule has 1 aliphatic heterocycles. The van der Waals surface area contributed by atoms with Gasteiger partial charge in [-0.15, -0.1) is 0 Å². The van der Waals surface area contributed by atoms with Crippen molar-refractivity contribution in [3.8, 4) is 0 Å². The van der Waals surface area contributed by atoms with Gasteiger partial charge < -0.3 is 15.7 Å². The molecule has 138 valence electrons. The quantitative estimate of drug-likeness (QED) is 0.866. The van der Waals surface area contributed by atoms with Gasteiger partial charge in [0.15, 0.2) is 0 Å². The molecule has 2 rings (SSSR count). The molecule has 0 saturated carbocycles. The van der Waals surface area contributed by atoms with E-state index in [4.69, 9.17) is 5.73 Å². The van der Waals surface area contributed by atoms with E-state index < -0.39 is 12.1 Å². The van der Waals surface area contributed by atoms with Crippen molar-refractivity contribution in [1.82, 2.24) is 14.8 Å². The van der Waals surface area contributed by atoms with Gasteiger partial charge >= 0.3 is 6.09 Å². The fourth-order valence-corrected chi connectivity index (χ4v) is 2.98. The van der Waals surface area contributed by atoms with Gasteiger partial charge in [-0.25, -0.2) is 4.79 Å². The molecule has 0 spiro atoms. The zero-order valence-electron chi connectivity index (χ0n) is 15.2. The van der Waals surface area contributed by atoms with Gasteiger partial charge in [0.2, 0.25) is 5.91 Å². The van der Waals surface area contributed by atoms with Crippen LogP contribution in [0.5, 0.6) is 0 Å². The summed E-state index contributed by atoms with van der Waals surface area (Å²) >= 11 is 0. The molecule has 0 unspecified atom stereocenters. The topological polar surface area (TPSA) is 99.8 Å². The summed E-state index contributed by atoms with van der Waals surface area (Å²) < 4.78 is 0. The summed E-state index contributed by atoms with van der Waals surface area (Å²) in [5, 5.41) is 9.55. The third kappa shape index (κ3) is 4.92. The number of pyridine rings is 1. The second-order valence-corrected chi connectivity index (χ2v) is 7.63. The highest BCUT2D eigenvalue weighted by Gasteiger charge is 2.35. The maximum Gasteiger partial charge on any atom is 0.407 e. The van der Waals surface area contributed by atoms with Gasteiger partial charge in [0.25, 0.3) is 0 Å². The Labute approximate surface area is 148 Å². The van der Waals surface area contributed by atoms with E-state index in [0.29, 0.717) is 25.9 Å². The van der Waals surface area contributed by atoms with Gasteiger partial charge in [-0.05, 0) is 30.4 Å². The Kier molecular flexibility index (Phi) is 6.00. The van der Waals surface area contributed by atoms with Gasteiger partial charge in [-0.3, -0.25) is 14.7 Å². The molecule has 25 heavy (non-hydrogen) atoms. The predicted octanol–water partition coefficient (Wildman–Crippen LogP) is 1.93. The normalized spacial score (nSPS) is 17.2. The number of rotatable bonds is 4. The van der Waals surface area contributed by atoms with Crippen molar-refractivity contribution in [2.45, 2.75) is 52.2 Å². The van der Waals surface area contributed by atoms with Crippen LogP contribution in [-0.2, 0) is 11.3 Å². The molecule has 7 heteroatoms. The summed E-state index contributed by atoms with van der Waals surface area (Å²) in [6.45, 7) is 7.15. The molecule has 0 bridgehead atoms. The summed E-state index contributed by atoms with van der Waals surface area (Å²) in [5.74, 6) is -0.0578. The van der Waals surface area contributed by atoms with Crippen LogP contribution in [-0.4, -0.2) is 57.1 Å². The predicted molar refractivity (Wildman–Crippen MR) is 94.8 cm³/mol. The summed E-state index contributed by atoms with van der Waals surface area (Å²) in [6, 6.07) is 4.80. The Morgan fingerprint density at radius 2 is 2.00 bits per heavy atom. The molecular formula is C18H28N4O3. The first-order valence-corrected chi connectivity index (χ1v) is 8.64. The van der Waals surface area contributed by atoms with E-state index in [9.17, 15) is 14.7 Å². The fourth-order valence-electron chi connectivity index (χ4n) is 2.98. The monoisotopic (exact) mass is 348 g/mol. The highest BCUT2D eigenvalue weighted by molar-refractivity contribution is 5.82. The van der Waals surface area contributed by atoms with Crippen LogP contribution < -0.4 is 5.73 Å². The van der Waals surface area contributed by atoms with E-state index in [-0.39, 0.29) is 23.9 Å². The van der Waals surface area contributed by atoms with Crippen LogP contribution in [0.4, 0.5) is 4.79 Å². The van der Waals surface area contributed by atoms with Crippen LogP contribution in [0.1, 0.15) is 39.3 Å². The van der Waals surface area contributed by atoms with Gasteiger partial charge in [-0.2, -0.15) is 0 Å². The number of nitrogens with two attached hydrogens (primary N) is 1. The third-order valence-electron chi connectivity index (χ3n) is 4.72. The van der Waals surface area contributed by atoms with Crippen LogP contribution in [0, 0.1) is 5.41 Å². The molecule has 1 saturated heterocycles. The van der Waals surface area contributed by atoms with Crippen molar-refractivity contribution in [3.63, 3.8) is 0 Å². The van der Waals surface area contributed by atoms with Gasteiger partial charge in [0.05, 0.1) is 18.3 Å². The van der Waals surface area contributed by atoms with E-state index in [1.807, 2.05) is 32.9 Å². The molecular weight excluding hydrogens is 320 g/mol. The zero-order valence-corrected chi connectivity index (χ0v) is 15.2. The number of piperidine rings is 1. The standard InChI is InChI=1S/C18H28N4O3/c1-18(2,3)15(19)16(23)21-10-7-14(8-11-21)22(17(24)25)12-13-6-4-5-9-20-13/h4-6,9,14-15H,7-8,10-12,19H2,1-3H3,(H,24,25)/t15-/m1/s1. The largest absolute Gasteiger partial charge is 0.465 e. The maximum absolute atomic E-state index is 12.5. The minimum absolute atomic E-state index is 0.0578. The average molecular weight is 348 g/mol. The number of nitrogens with zero attached hydrogens (tertiary/aromatic N) is 3. The lowest BCUT2D eigenvalue weighted by Crippen LogP contribution is -2.54. The number of hydrogen-bond donors (Lipinski definition) is 2. The second-order valence-electron chi connectivity index (χ2n) is 7.63. The number of likely N-dealkylation sites (tertiary alicyclic amines) is 1. The Morgan fingerprint density at radius 3 is 2.48 bits per heavy atom. The van der Waals surface area contributed by atoms with E-state index in [0.717, 1.165) is 5.69 Å². The van der Waals surface area contributed by atoms with Crippen LogP contribution in [0.3, 0.4) is 0 Å². The molecule has 2 amide bonds. The molecule has 1 aromatic heterocycles. The number of carbonyl (C=O) groups excluding carboxylic acids is 1. The fraction of sp³-hybridized carbons (Fsp3) is 0.611. The van der Waals surface area contributed by atoms with Gasteiger partial charge in [-0.1, -0.05) is 26.8 Å². The van der Waals surface area contributed by atoms with Crippen LogP contribution in [0.15, 0.2) is 24.4 Å².